The van der Waals surface area contributed by atoms with Crippen molar-refractivity contribution in [3.8, 4) is 16.9 Å². The number of carbonyl (C=O) groups excluding carboxylic acids is 1. The summed E-state index contributed by atoms with van der Waals surface area (Å²) in [6.45, 7) is 1.26. The van der Waals surface area contributed by atoms with Crippen LogP contribution in [0.2, 0.25) is 5.02 Å². The third kappa shape index (κ3) is 3.81. The van der Waals surface area contributed by atoms with E-state index in [1.807, 2.05) is 6.92 Å². The zero-order valence-electron chi connectivity index (χ0n) is 12.1. The maximum Gasteiger partial charge on any atom is 0.322 e. The van der Waals surface area contributed by atoms with Crippen molar-refractivity contribution in [1.82, 2.24) is 10.3 Å². The Morgan fingerprint density at radius 2 is 2.04 bits per heavy atom. The van der Waals surface area contributed by atoms with Crippen molar-refractivity contribution in [3.05, 3.63) is 40.7 Å². The van der Waals surface area contributed by atoms with Gasteiger partial charge in [0.1, 0.15) is 20.1 Å². The Morgan fingerprint density at radius 3 is 2.65 bits per heavy atom. The second-order valence-corrected chi connectivity index (χ2v) is 5.26. The number of nitrogens with zero attached hydrogens (tertiary/aromatic N) is 1. The lowest BCUT2D eigenvalue weighted by atomic mass is 9.90. The van der Waals surface area contributed by atoms with Crippen molar-refractivity contribution in [2.45, 2.75) is 6.92 Å². The number of pyridine rings is 1. The molecule has 23 heavy (non-hydrogen) atoms. The van der Waals surface area contributed by atoms with Crippen molar-refractivity contribution in [3.63, 3.8) is 0 Å². The zero-order chi connectivity index (χ0) is 17.1. The molecule has 116 valence electrons. The van der Waals surface area contributed by atoms with Gasteiger partial charge in [0.25, 0.3) is 5.91 Å². The Hall–Kier alpha value is -2.54. The number of carboxylic acid groups (broad SMARTS) is 1. The van der Waals surface area contributed by atoms with Crippen molar-refractivity contribution in [2.24, 2.45) is 0 Å². The summed E-state index contributed by atoms with van der Waals surface area (Å²) in [6, 6.07) is 4.70. The van der Waals surface area contributed by atoms with Gasteiger partial charge in [-0.05, 0) is 30.2 Å². The summed E-state index contributed by atoms with van der Waals surface area (Å²) < 4.78 is 0. The molecule has 1 heterocycles. The second kappa shape index (κ2) is 6.70. The molecular weight excluding hydrogens is 318 g/mol. The van der Waals surface area contributed by atoms with E-state index in [0.717, 1.165) is 5.56 Å². The Bertz CT molecular complexity index is 795. The molecule has 3 N–H and O–H groups in total. The quantitative estimate of drug-likeness (QED) is 0.727. The average molecular weight is 331 g/mol. The molecule has 2 aromatic rings. The summed E-state index contributed by atoms with van der Waals surface area (Å²) in [5.74, 6) is -2.33. The minimum atomic E-state index is -1.19. The number of aliphatic carboxylic acids is 1. The van der Waals surface area contributed by atoms with Gasteiger partial charge < -0.3 is 15.5 Å². The number of carbonyl (C=O) groups is 2. The van der Waals surface area contributed by atoms with E-state index in [4.69, 9.17) is 24.6 Å². The van der Waals surface area contributed by atoms with E-state index in [9.17, 15) is 14.7 Å². The lowest BCUT2D eigenvalue weighted by Crippen LogP contribution is -2.29. The van der Waals surface area contributed by atoms with Crippen LogP contribution in [0.4, 0.5) is 0 Å². The number of nitrogens with one attached hydrogen (secondary N) is 1. The number of aryl methyl sites for hydroxylation is 1. The van der Waals surface area contributed by atoms with Crippen LogP contribution < -0.4 is 10.8 Å². The molecule has 0 aliphatic carbocycles. The number of rotatable bonds is 4. The van der Waals surface area contributed by atoms with Gasteiger partial charge in [-0.1, -0.05) is 23.1 Å². The van der Waals surface area contributed by atoms with Crippen molar-refractivity contribution in [1.29, 1.82) is 0 Å². The van der Waals surface area contributed by atoms with Crippen LogP contribution in [0, 0.1) is 6.92 Å². The molecule has 0 fully saturated rings. The SMILES string of the molecule is [B]c1cc(C)c(-c2cnc(C(=O)NCC(=O)O)c(O)c2)cc1Cl. The molecule has 0 bridgehead atoms. The van der Waals surface area contributed by atoms with E-state index < -0.39 is 18.4 Å². The number of aromatic nitrogens is 1. The Morgan fingerprint density at radius 1 is 1.35 bits per heavy atom. The zero-order valence-corrected chi connectivity index (χ0v) is 12.9. The standard InChI is InChI=1S/C15H12BClN2O4/c1-7-2-10(16)11(17)4-9(7)8-3-12(20)14(18-5-8)15(23)19-6-13(21)22/h2-5,20H,6H2,1H3,(H,19,23)(H,21,22). The summed E-state index contributed by atoms with van der Waals surface area (Å²) in [5.41, 5.74) is 2.28. The van der Waals surface area contributed by atoms with Crippen molar-refractivity contribution in [2.75, 3.05) is 6.54 Å². The highest BCUT2D eigenvalue weighted by Gasteiger charge is 2.15. The van der Waals surface area contributed by atoms with Crippen LogP contribution >= 0.6 is 11.6 Å². The summed E-state index contributed by atoms with van der Waals surface area (Å²) in [5, 5.41) is 21.0. The molecule has 0 spiro atoms. The normalized spacial score (nSPS) is 10.3. The number of carboxylic acids is 1. The number of benzene rings is 1. The first-order valence-electron chi connectivity index (χ1n) is 6.54. The fourth-order valence-corrected chi connectivity index (χ4v) is 2.19. The molecule has 1 amide bonds. The van der Waals surface area contributed by atoms with Gasteiger partial charge in [-0.2, -0.15) is 0 Å². The van der Waals surface area contributed by atoms with Crippen LogP contribution in [0.5, 0.6) is 5.75 Å². The highest BCUT2D eigenvalue weighted by molar-refractivity contribution is 6.45. The topological polar surface area (TPSA) is 99.5 Å². The van der Waals surface area contributed by atoms with Crippen molar-refractivity contribution < 1.29 is 19.8 Å². The maximum absolute atomic E-state index is 11.7. The van der Waals surface area contributed by atoms with Crippen LogP contribution in [0.15, 0.2) is 24.4 Å². The van der Waals surface area contributed by atoms with Gasteiger partial charge in [-0.15, -0.1) is 0 Å². The van der Waals surface area contributed by atoms with Gasteiger partial charge in [-0.3, -0.25) is 9.59 Å². The molecule has 0 atom stereocenters. The lowest BCUT2D eigenvalue weighted by molar-refractivity contribution is -0.135. The predicted molar refractivity (Wildman–Crippen MR) is 86.4 cm³/mol. The molecule has 0 saturated heterocycles. The Labute approximate surface area is 138 Å². The van der Waals surface area contributed by atoms with Crippen molar-refractivity contribution >= 4 is 36.8 Å². The minimum Gasteiger partial charge on any atom is -0.505 e. The molecular formula is C15H12BClN2O4. The minimum absolute atomic E-state index is 0.255. The van der Waals surface area contributed by atoms with Crippen LogP contribution in [0.3, 0.4) is 0 Å². The van der Waals surface area contributed by atoms with Gasteiger partial charge in [-0.25, -0.2) is 4.98 Å². The van der Waals surface area contributed by atoms with E-state index in [2.05, 4.69) is 10.3 Å². The number of halogens is 1. The first-order chi connectivity index (χ1) is 10.8. The monoisotopic (exact) mass is 330 g/mol. The van der Waals surface area contributed by atoms with Crippen LogP contribution in [0.25, 0.3) is 11.1 Å². The molecule has 0 aliphatic rings. The first kappa shape index (κ1) is 16.8. The second-order valence-electron chi connectivity index (χ2n) is 4.86. The third-order valence-corrected chi connectivity index (χ3v) is 3.46. The molecule has 1 aromatic carbocycles. The number of hydrogen-bond donors (Lipinski definition) is 3. The highest BCUT2D eigenvalue weighted by atomic mass is 35.5. The highest BCUT2D eigenvalue weighted by Crippen LogP contribution is 2.28. The lowest BCUT2D eigenvalue weighted by Gasteiger charge is -2.11. The van der Waals surface area contributed by atoms with Gasteiger partial charge in [0.15, 0.2) is 5.69 Å². The van der Waals surface area contributed by atoms with Crippen LogP contribution in [-0.2, 0) is 4.79 Å². The maximum atomic E-state index is 11.7. The smallest absolute Gasteiger partial charge is 0.322 e. The summed E-state index contributed by atoms with van der Waals surface area (Å²) in [7, 11) is 5.72. The summed E-state index contributed by atoms with van der Waals surface area (Å²) >= 11 is 6.00. The molecule has 2 radical (unpaired) electrons. The largest absolute Gasteiger partial charge is 0.505 e. The molecule has 6 nitrogen and oxygen atoms in total. The predicted octanol–water partition coefficient (Wildman–Crippen LogP) is 1.02. The van der Waals surface area contributed by atoms with Gasteiger partial charge in [0, 0.05) is 16.8 Å². The molecule has 8 heteroatoms. The van der Waals surface area contributed by atoms with E-state index in [-0.39, 0.29) is 11.4 Å². The first-order valence-corrected chi connectivity index (χ1v) is 6.92. The molecule has 0 saturated carbocycles. The average Bonchev–Trinajstić information content (AvgIpc) is 2.48. The van der Waals surface area contributed by atoms with Gasteiger partial charge in [0.05, 0.1) is 0 Å². The number of amides is 1. The van der Waals surface area contributed by atoms with Gasteiger partial charge in [0.2, 0.25) is 0 Å². The number of hydrogen-bond acceptors (Lipinski definition) is 4. The fraction of sp³-hybridized carbons (Fsp3) is 0.133. The van der Waals surface area contributed by atoms with Crippen LogP contribution in [0.1, 0.15) is 16.1 Å². The molecule has 0 aliphatic heterocycles. The molecule has 0 unspecified atom stereocenters. The third-order valence-electron chi connectivity index (χ3n) is 3.14. The molecule has 2 rings (SSSR count). The molecule has 1 aromatic heterocycles. The van der Waals surface area contributed by atoms with Crippen LogP contribution in [-0.4, -0.2) is 41.5 Å². The summed E-state index contributed by atoms with van der Waals surface area (Å²) in [4.78, 5) is 26.1. The van der Waals surface area contributed by atoms with Gasteiger partial charge >= 0.3 is 5.97 Å². The van der Waals surface area contributed by atoms with E-state index in [0.29, 0.717) is 21.6 Å². The summed E-state index contributed by atoms with van der Waals surface area (Å²) in [6.07, 6.45) is 1.39. The number of aromatic hydroxyl groups is 1. The van der Waals surface area contributed by atoms with E-state index >= 15 is 0 Å². The fourth-order valence-electron chi connectivity index (χ4n) is 2.03. The van der Waals surface area contributed by atoms with E-state index in [1.165, 1.54) is 12.3 Å². The van der Waals surface area contributed by atoms with E-state index in [1.54, 1.807) is 12.1 Å². The Kier molecular flexibility index (Phi) is 4.90. The Balaban J connectivity index is 2.34.